The molecule has 0 radical (unpaired) electrons. The van der Waals surface area contributed by atoms with Crippen LogP contribution in [0.15, 0.2) is 18.2 Å². The summed E-state index contributed by atoms with van der Waals surface area (Å²) in [7, 11) is 0. The van der Waals surface area contributed by atoms with Crippen LogP contribution in [0, 0.1) is 5.82 Å². The Hall–Kier alpha value is -1.95. The third-order valence-electron chi connectivity index (χ3n) is 3.42. The molecule has 0 unspecified atom stereocenters. The van der Waals surface area contributed by atoms with Gasteiger partial charge in [-0.05, 0) is 37.5 Å². The first kappa shape index (κ1) is 14.5. The van der Waals surface area contributed by atoms with E-state index in [1.807, 2.05) is 0 Å². The Morgan fingerprint density at radius 2 is 2.05 bits per heavy atom. The summed E-state index contributed by atoms with van der Waals surface area (Å²) in [5, 5.41) is 5.04. The molecule has 1 aromatic carbocycles. The maximum atomic E-state index is 13.5. The van der Waals surface area contributed by atoms with E-state index in [2.05, 4.69) is 10.6 Å². The van der Waals surface area contributed by atoms with Gasteiger partial charge in [-0.2, -0.15) is 0 Å². The van der Waals surface area contributed by atoms with E-state index in [1.165, 1.54) is 25.1 Å². The van der Waals surface area contributed by atoms with Gasteiger partial charge in [0.05, 0.1) is 5.69 Å². The van der Waals surface area contributed by atoms with E-state index >= 15 is 0 Å². The normalized spacial score (nSPS) is 16.1. The van der Waals surface area contributed by atoms with E-state index in [-0.39, 0.29) is 23.9 Å². The van der Waals surface area contributed by atoms with E-state index < -0.39 is 11.4 Å². The van der Waals surface area contributed by atoms with Crippen molar-refractivity contribution >= 4 is 23.2 Å². The number of anilines is 2. The number of nitrogens with one attached hydrogen (secondary N) is 2. The molecular weight excluding hydrogens is 261 g/mol. The van der Waals surface area contributed by atoms with E-state index in [0.717, 1.165) is 19.3 Å². The maximum absolute atomic E-state index is 13.5. The molecule has 2 rings (SSSR count). The van der Waals surface area contributed by atoms with E-state index in [4.69, 9.17) is 5.73 Å². The molecule has 0 saturated heterocycles. The van der Waals surface area contributed by atoms with Crippen LogP contribution in [0.1, 0.15) is 32.6 Å². The molecule has 4 N–H and O–H groups in total. The van der Waals surface area contributed by atoms with Crippen LogP contribution >= 0.6 is 0 Å². The Labute approximate surface area is 116 Å². The monoisotopic (exact) mass is 279 g/mol. The molecule has 20 heavy (non-hydrogen) atoms. The van der Waals surface area contributed by atoms with E-state index in [1.54, 1.807) is 0 Å². The van der Waals surface area contributed by atoms with Gasteiger partial charge in [0.15, 0.2) is 0 Å². The number of halogens is 1. The Kier molecular flexibility index (Phi) is 4.04. The molecule has 0 atom stereocenters. The summed E-state index contributed by atoms with van der Waals surface area (Å²) < 4.78 is 13.5. The van der Waals surface area contributed by atoms with Crippen LogP contribution in [0.2, 0.25) is 0 Å². The lowest BCUT2D eigenvalue weighted by Crippen LogP contribution is -2.48. The molecular formula is C14H18FN3O2. The Bertz CT molecular complexity index is 541. The SMILES string of the molecule is CC(=O)Nc1cc(NC(=O)CC2(N)CCC2)ccc1F. The molecule has 5 nitrogen and oxygen atoms in total. The van der Waals surface area contributed by atoms with Gasteiger partial charge in [-0.25, -0.2) is 4.39 Å². The second kappa shape index (κ2) is 5.58. The minimum absolute atomic E-state index is 0.0430. The zero-order valence-corrected chi connectivity index (χ0v) is 11.3. The fourth-order valence-corrected chi connectivity index (χ4v) is 2.22. The summed E-state index contributed by atoms with van der Waals surface area (Å²) in [4.78, 5) is 22.8. The highest BCUT2D eigenvalue weighted by Gasteiger charge is 2.34. The number of nitrogens with two attached hydrogens (primary N) is 1. The van der Waals surface area contributed by atoms with Gasteiger partial charge in [-0.1, -0.05) is 0 Å². The van der Waals surface area contributed by atoms with E-state index in [0.29, 0.717) is 5.69 Å². The molecule has 0 spiro atoms. The van der Waals surface area contributed by atoms with Crippen LogP contribution in [0.3, 0.4) is 0 Å². The summed E-state index contributed by atoms with van der Waals surface area (Å²) in [5.74, 6) is -1.12. The van der Waals surface area contributed by atoms with Crippen molar-refractivity contribution in [3.63, 3.8) is 0 Å². The molecule has 0 aliphatic heterocycles. The fourth-order valence-electron chi connectivity index (χ4n) is 2.22. The first-order valence-electron chi connectivity index (χ1n) is 6.54. The third-order valence-corrected chi connectivity index (χ3v) is 3.42. The van der Waals surface area contributed by atoms with Crippen molar-refractivity contribution in [3.05, 3.63) is 24.0 Å². The highest BCUT2D eigenvalue weighted by molar-refractivity contribution is 5.93. The Morgan fingerprint density at radius 1 is 1.35 bits per heavy atom. The number of hydrogen-bond donors (Lipinski definition) is 3. The molecule has 1 aliphatic rings. The second-order valence-electron chi connectivity index (χ2n) is 5.32. The predicted octanol–water partition coefficient (Wildman–Crippen LogP) is 1.99. The maximum Gasteiger partial charge on any atom is 0.226 e. The molecule has 0 heterocycles. The van der Waals surface area contributed by atoms with Crippen LogP contribution in [-0.4, -0.2) is 17.4 Å². The van der Waals surface area contributed by atoms with Gasteiger partial charge >= 0.3 is 0 Å². The van der Waals surface area contributed by atoms with Crippen LogP contribution in [0.5, 0.6) is 0 Å². The second-order valence-corrected chi connectivity index (χ2v) is 5.32. The number of rotatable bonds is 4. The summed E-state index contributed by atoms with van der Waals surface area (Å²) in [6.45, 7) is 1.29. The third kappa shape index (κ3) is 3.54. The van der Waals surface area contributed by atoms with Crippen LogP contribution in [0.25, 0.3) is 0 Å². The zero-order chi connectivity index (χ0) is 14.8. The summed E-state index contributed by atoms with van der Waals surface area (Å²) in [6, 6.07) is 4.03. The summed E-state index contributed by atoms with van der Waals surface area (Å²) >= 11 is 0. The highest BCUT2D eigenvalue weighted by atomic mass is 19.1. The van der Waals surface area contributed by atoms with Crippen molar-refractivity contribution in [3.8, 4) is 0 Å². The molecule has 1 aromatic rings. The zero-order valence-electron chi connectivity index (χ0n) is 11.3. The van der Waals surface area contributed by atoms with Gasteiger partial charge in [0.1, 0.15) is 5.82 Å². The average Bonchev–Trinajstić information content (AvgIpc) is 2.30. The average molecular weight is 279 g/mol. The molecule has 0 bridgehead atoms. The van der Waals surface area contributed by atoms with Crippen molar-refractivity contribution in [1.29, 1.82) is 0 Å². The number of benzene rings is 1. The molecule has 1 aliphatic carbocycles. The quantitative estimate of drug-likeness (QED) is 0.788. The lowest BCUT2D eigenvalue weighted by molar-refractivity contribution is -0.118. The predicted molar refractivity (Wildman–Crippen MR) is 74.7 cm³/mol. The minimum atomic E-state index is -0.549. The fraction of sp³-hybridized carbons (Fsp3) is 0.429. The van der Waals surface area contributed by atoms with Crippen molar-refractivity contribution in [2.24, 2.45) is 5.73 Å². The van der Waals surface area contributed by atoms with E-state index in [9.17, 15) is 14.0 Å². The highest BCUT2D eigenvalue weighted by Crippen LogP contribution is 2.32. The van der Waals surface area contributed by atoms with Crippen molar-refractivity contribution in [2.45, 2.75) is 38.1 Å². The van der Waals surface area contributed by atoms with Crippen LogP contribution in [-0.2, 0) is 9.59 Å². The first-order chi connectivity index (χ1) is 9.38. The number of carbonyl (C=O) groups is 2. The minimum Gasteiger partial charge on any atom is -0.326 e. The summed E-state index contributed by atoms with van der Waals surface area (Å²) in [6.07, 6.45) is 2.99. The first-order valence-corrected chi connectivity index (χ1v) is 6.54. The standard InChI is InChI=1S/C14H18FN3O2/c1-9(19)17-12-7-10(3-4-11(12)15)18-13(20)8-14(16)5-2-6-14/h3-4,7H,2,5-6,8,16H2,1H3,(H,17,19)(H,18,20). The molecule has 1 saturated carbocycles. The smallest absolute Gasteiger partial charge is 0.226 e. The van der Waals surface area contributed by atoms with Crippen LogP contribution < -0.4 is 16.4 Å². The molecule has 0 aromatic heterocycles. The van der Waals surface area contributed by atoms with Gasteiger partial charge in [0, 0.05) is 24.6 Å². The van der Waals surface area contributed by atoms with Gasteiger partial charge in [-0.3, -0.25) is 9.59 Å². The summed E-state index contributed by atoms with van der Waals surface area (Å²) in [5.41, 5.74) is 6.08. The molecule has 1 fully saturated rings. The van der Waals surface area contributed by atoms with Gasteiger partial charge in [-0.15, -0.1) is 0 Å². The number of hydrogen-bond acceptors (Lipinski definition) is 3. The Morgan fingerprint density at radius 3 is 2.60 bits per heavy atom. The van der Waals surface area contributed by atoms with Gasteiger partial charge in [0.2, 0.25) is 11.8 Å². The van der Waals surface area contributed by atoms with Crippen molar-refractivity contribution in [1.82, 2.24) is 0 Å². The van der Waals surface area contributed by atoms with Gasteiger partial charge < -0.3 is 16.4 Å². The molecule has 6 heteroatoms. The largest absolute Gasteiger partial charge is 0.326 e. The Balaban J connectivity index is 2.01. The lowest BCUT2D eigenvalue weighted by atomic mass is 9.75. The molecule has 108 valence electrons. The molecule has 2 amide bonds. The van der Waals surface area contributed by atoms with Crippen molar-refractivity contribution in [2.75, 3.05) is 10.6 Å². The number of amides is 2. The van der Waals surface area contributed by atoms with Crippen LogP contribution in [0.4, 0.5) is 15.8 Å². The van der Waals surface area contributed by atoms with Crippen molar-refractivity contribution < 1.29 is 14.0 Å². The van der Waals surface area contributed by atoms with Gasteiger partial charge in [0.25, 0.3) is 0 Å². The number of carbonyl (C=O) groups excluding carboxylic acids is 2. The topological polar surface area (TPSA) is 84.2 Å². The lowest BCUT2D eigenvalue weighted by Gasteiger charge is -2.37.